The van der Waals surface area contributed by atoms with Gasteiger partial charge in [-0.1, -0.05) is 51.2 Å². The SMILES string of the molecule is CCCCCCC(=O)CCCCCC/C=C\C[C@H](O)[C@@H](O)[C@](N)(CO)C(=O)O. The Morgan fingerprint density at radius 3 is 2.07 bits per heavy atom. The van der Waals surface area contributed by atoms with Crippen LogP contribution >= 0.6 is 0 Å². The monoisotopic (exact) mass is 401 g/mol. The smallest absolute Gasteiger partial charge is 0.328 e. The number of aliphatic hydroxyl groups excluding tert-OH is 3. The summed E-state index contributed by atoms with van der Waals surface area (Å²) in [5.74, 6) is -1.20. The number of unbranched alkanes of at least 4 members (excludes halogenated alkanes) is 7. The van der Waals surface area contributed by atoms with Crippen molar-refractivity contribution >= 4 is 11.8 Å². The molecular weight excluding hydrogens is 362 g/mol. The Morgan fingerprint density at radius 2 is 1.54 bits per heavy atom. The summed E-state index contributed by atoms with van der Waals surface area (Å²) in [4.78, 5) is 22.7. The molecule has 0 saturated heterocycles. The molecule has 6 N–H and O–H groups in total. The minimum Gasteiger partial charge on any atom is -0.480 e. The van der Waals surface area contributed by atoms with Gasteiger partial charge in [-0.2, -0.15) is 0 Å². The van der Waals surface area contributed by atoms with Crippen molar-refractivity contribution in [1.29, 1.82) is 0 Å². The maximum absolute atomic E-state index is 11.7. The number of hydrogen-bond acceptors (Lipinski definition) is 6. The fourth-order valence-corrected chi connectivity index (χ4v) is 2.93. The molecule has 0 spiro atoms. The van der Waals surface area contributed by atoms with Gasteiger partial charge in [0.15, 0.2) is 5.54 Å². The fourth-order valence-electron chi connectivity index (χ4n) is 2.93. The number of hydrogen-bond donors (Lipinski definition) is 5. The topological polar surface area (TPSA) is 141 Å². The molecule has 28 heavy (non-hydrogen) atoms. The van der Waals surface area contributed by atoms with Crippen LogP contribution in [0.1, 0.15) is 84.0 Å². The summed E-state index contributed by atoms with van der Waals surface area (Å²) in [5.41, 5.74) is 3.16. The number of rotatable bonds is 18. The lowest BCUT2D eigenvalue weighted by atomic mass is 9.89. The first-order valence-corrected chi connectivity index (χ1v) is 10.5. The number of carboxylic acids is 1. The lowest BCUT2D eigenvalue weighted by molar-refractivity contribution is -0.155. The van der Waals surface area contributed by atoms with Gasteiger partial charge in [-0.25, -0.2) is 0 Å². The molecule has 0 rings (SSSR count). The Bertz CT molecular complexity index is 468. The summed E-state index contributed by atoms with van der Waals surface area (Å²) < 4.78 is 0. The standard InChI is InChI=1S/C21H39NO6/c1-2-3-4-10-13-17(24)14-11-8-6-5-7-9-12-15-18(25)19(26)21(22,16-23)20(27)28/h9,12,18-19,23,25-26H,2-8,10-11,13-16,22H2,1H3,(H,27,28)/b12-9-/t18-,19+,21+/m0/s1. The largest absolute Gasteiger partial charge is 0.480 e. The normalized spacial score (nSPS) is 16.0. The van der Waals surface area contributed by atoms with Crippen LogP contribution in [0.4, 0.5) is 0 Å². The van der Waals surface area contributed by atoms with E-state index in [1.165, 1.54) is 12.8 Å². The summed E-state index contributed by atoms with van der Waals surface area (Å²) in [6.07, 6.45) is 11.1. The van der Waals surface area contributed by atoms with Crippen molar-refractivity contribution < 1.29 is 30.0 Å². The van der Waals surface area contributed by atoms with Crippen LogP contribution in [0.5, 0.6) is 0 Å². The summed E-state index contributed by atoms with van der Waals surface area (Å²) in [6, 6.07) is 0. The Kier molecular flexibility index (Phi) is 14.9. The highest BCUT2D eigenvalue weighted by molar-refractivity contribution is 5.79. The predicted molar refractivity (Wildman–Crippen MR) is 109 cm³/mol. The molecule has 0 saturated carbocycles. The number of ketones is 1. The Labute approximate surface area is 168 Å². The van der Waals surface area contributed by atoms with E-state index in [4.69, 9.17) is 15.9 Å². The molecule has 7 nitrogen and oxygen atoms in total. The summed E-state index contributed by atoms with van der Waals surface area (Å²) >= 11 is 0. The minimum absolute atomic E-state index is 0.0555. The Morgan fingerprint density at radius 1 is 0.964 bits per heavy atom. The molecule has 164 valence electrons. The fraction of sp³-hybridized carbons (Fsp3) is 0.810. The molecule has 0 bridgehead atoms. The number of allylic oxidation sites excluding steroid dienone is 1. The second kappa shape index (κ2) is 15.6. The summed E-state index contributed by atoms with van der Waals surface area (Å²) in [5, 5.41) is 37.8. The molecule has 0 radical (unpaired) electrons. The van der Waals surface area contributed by atoms with Gasteiger partial charge in [0.05, 0.1) is 12.7 Å². The van der Waals surface area contributed by atoms with Crippen molar-refractivity contribution in [3.05, 3.63) is 12.2 Å². The zero-order chi connectivity index (χ0) is 21.4. The Hall–Kier alpha value is -1.28. The van der Waals surface area contributed by atoms with Gasteiger partial charge in [-0.3, -0.25) is 9.59 Å². The van der Waals surface area contributed by atoms with E-state index < -0.39 is 30.3 Å². The van der Waals surface area contributed by atoms with Gasteiger partial charge in [0.1, 0.15) is 11.9 Å². The highest BCUT2D eigenvalue weighted by atomic mass is 16.4. The molecule has 0 aliphatic heterocycles. The number of carbonyl (C=O) groups is 2. The van der Waals surface area contributed by atoms with Crippen LogP contribution in [0.3, 0.4) is 0 Å². The van der Waals surface area contributed by atoms with Crippen molar-refractivity contribution in [3.8, 4) is 0 Å². The molecular formula is C21H39NO6. The number of carbonyl (C=O) groups excluding carboxylic acids is 1. The molecule has 0 aliphatic carbocycles. The summed E-state index contributed by atoms with van der Waals surface area (Å²) in [6.45, 7) is 1.19. The van der Waals surface area contributed by atoms with Gasteiger partial charge < -0.3 is 26.2 Å². The van der Waals surface area contributed by atoms with E-state index in [1.807, 2.05) is 6.08 Å². The Balaban J connectivity index is 3.80. The number of carboxylic acid groups (broad SMARTS) is 1. The van der Waals surface area contributed by atoms with Crippen LogP contribution in [0.2, 0.25) is 0 Å². The number of aliphatic hydroxyl groups is 3. The van der Waals surface area contributed by atoms with E-state index in [0.717, 1.165) is 44.9 Å². The first-order valence-electron chi connectivity index (χ1n) is 10.5. The van der Waals surface area contributed by atoms with Crippen LogP contribution in [0, 0.1) is 0 Å². The zero-order valence-corrected chi connectivity index (χ0v) is 17.2. The van der Waals surface area contributed by atoms with E-state index in [-0.39, 0.29) is 6.42 Å². The molecule has 3 atom stereocenters. The van der Waals surface area contributed by atoms with Crippen LogP contribution in [0.25, 0.3) is 0 Å². The van der Waals surface area contributed by atoms with E-state index in [1.54, 1.807) is 6.08 Å². The van der Waals surface area contributed by atoms with Crippen LogP contribution in [-0.4, -0.2) is 56.5 Å². The highest BCUT2D eigenvalue weighted by Crippen LogP contribution is 2.15. The van der Waals surface area contributed by atoms with Gasteiger partial charge in [0.2, 0.25) is 0 Å². The first-order chi connectivity index (χ1) is 13.3. The third-order valence-corrected chi connectivity index (χ3v) is 4.98. The van der Waals surface area contributed by atoms with E-state index in [2.05, 4.69) is 6.92 Å². The highest BCUT2D eigenvalue weighted by Gasteiger charge is 2.44. The quantitative estimate of drug-likeness (QED) is 0.175. The zero-order valence-electron chi connectivity index (χ0n) is 17.2. The second-order valence-electron chi connectivity index (χ2n) is 7.53. The van der Waals surface area contributed by atoms with Crippen LogP contribution in [0.15, 0.2) is 12.2 Å². The van der Waals surface area contributed by atoms with Crippen molar-refractivity contribution in [2.24, 2.45) is 5.73 Å². The molecule has 0 heterocycles. The van der Waals surface area contributed by atoms with Gasteiger partial charge >= 0.3 is 5.97 Å². The number of aliphatic carboxylic acids is 1. The number of nitrogens with two attached hydrogens (primary N) is 1. The number of Topliss-reactive ketones (excluding diaryl/α,β-unsaturated/α-hetero) is 1. The molecule has 0 aliphatic rings. The second-order valence-corrected chi connectivity index (χ2v) is 7.53. The molecule has 0 aromatic heterocycles. The molecule has 0 unspecified atom stereocenters. The van der Waals surface area contributed by atoms with Crippen molar-refractivity contribution in [3.63, 3.8) is 0 Å². The minimum atomic E-state index is -2.28. The molecule has 0 aromatic carbocycles. The van der Waals surface area contributed by atoms with Crippen LogP contribution < -0.4 is 5.73 Å². The molecule has 0 aromatic rings. The van der Waals surface area contributed by atoms with Gasteiger partial charge in [0, 0.05) is 12.8 Å². The van der Waals surface area contributed by atoms with E-state index in [9.17, 15) is 19.8 Å². The third-order valence-electron chi connectivity index (χ3n) is 4.98. The third kappa shape index (κ3) is 10.9. The predicted octanol–water partition coefficient (Wildman–Crippen LogP) is 2.31. The van der Waals surface area contributed by atoms with Crippen molar-refractivity contribution in [2.75, 3.05) is 6.61 Å². The maximum atomic E-state index is 11.7. The van der Waals surface area contributed by atoms with Crippen molar-refractivity contribution in [2.45, 2.75) is 102 Å². The first kappa shape index (κ1) is 26.7. The molecule has 0 fully saturated rings. The van der Waals surface area contributed by atoms with Crippen molar-refractivity contribution in [1.82, 2.24) is 0 Å². The van der Waals surface area contributed by atoms with Gasteiger partial charge in [-0.05, 0) is 32.1 Å². The average Bonchev–Trinajstić information content (AvgIpc) is 2.68. The van der Waals surface area contributed by atoms with Gasteiger partial charge in [0.25, 0.3) is 0 Å². The summed E-state index contributed by atoms with van der Waals surface area (Å²) in [7, 11) is 0. The molecule has 0 amide bonds. The van der Waals surface area contributed by atoms with E-state index in [0.29, 0.717) is 18.6 Å². The van der Waals surface area contributed by atoms with E-state index >= 15 is 0 Å². The van der Waals surface area contributed by atoms with Gasteiger partial charge in [-0.15, -0.1) is 0 Å². The molecule has 7 heteroatoms. The average molecular weight is 402 g/mol. The van der Waals surface area contributed by atoms with Crippen LogP contribution in [-0.2, 0) is 9.59 Å². The lowest BCUT2D eigenvalue weighted by Crippen LogP contribution is -2.63. The lowest BCUT2D eigenvalue weighted by Gasteiger charge is -2.30. The maximum Gasteiger partial charge on any atom is 0.328 e.